The van der Waals surface area contributed by atoms with E-state index >= 15 is 0 Å². The van der Waals surface area contributed by atoms with Crippen LogP contribution in [0.15, 0.2) is 53.0 Å². The summed E-state index contributed by atoms with van der Waals surface area (Å²) in [5, 5.41) is 13.9. The zero-order chi connectivity index (χ0) is 21.7. The zero-order valence-electron chi connectivity index (χ0n) is 16.0. The smallest absolute Gasteiger partial charge is 0.175 e. The standard InChI is InChI=1S/C22H19BrCl3NO3/c1-2-29-20-8-13(11-27-15-9-18(25)21(28)19(26)10-15)7-16(23)22(20)30-12-14-5-3-4-6-17(14)24/h3-10,27-28H,2,11-12H2,1H3. The molecule has 0 amide bonds. The van der Waals surface area contributed by atoms with Crippen molar-refractivity contribution in [1.29, 1.82) is 0 Å². The highest BCUT2D eigenvalue weighted by molar-refractivity contribution is 9.10. The Labute approximate surface area is 198 Å². The van der Waals surface area contributed by atoms with Crippen molar-refractivity contribution in [2.24, 2.45) is 0 Å². The van der Waals surface area contributed by atoms with E-state index in [0.717, 1.165) is 15.6 Å². The second kappa shape index (κ2) is 10.5. The van der Waals surface area contributed by atoms with Gasteiger partial charge in [0.25, 0.3) is 0 Å². The van der Waals surface area contributed by atoms with Crippen LogP contribution < -0.4 is 14.8 Å². The summed E-state index contributed by atoms with van der Waals surface area (Å²) in [4.78, 5) is 0. The lowest BCUT2D eigenvalue weighted by Crippen LogP contribution is -2.04. The molecule has 0 fully saturated rings. The molecule has 3 rings (SSSR count). The summed E-state index contributed by atoms with van der Waals surface area (Å²) >= 11 is 21.8. The van der Waals surface area contributed by atoms with Crippen LogP contribution in [0.2, 0.25) is 15.1 Å². The third-order valence-corrected chi connectivity index (χ3v) is 5.75. The first-order valence-corrected chi connectivity index (χ1v) is 11.0. The summed E-state index contributed by atoms with van der Waals surface area (Å²) in [6.07, 6.45) is 0. The van der Waals surface area contributed by atoms with Gasteiger partial charge in [0, 0.05) is 22.8 Å². The molecule has 2 N–H and O–H groups in total. The summed E-state index contributed by atoms with van der Waals surface area (Å²) in [6, 6.07) is 14.6. The molecule has 0 aliphatic rings. The van der Waals surface area contributed by atoms with E-state index in [1.165, 1.54) is 0 Å². The molecule has 30 heavy (non-hydrogen) atoms. The Bertz CT molecular complexity index is 1020. The molecule has 0 unspecified atom stereocenters. The predicted molar refractivity (Wildman–Crippen MR) is 127 cm³/mol. The summed E-state index contributed by atoms with van der Waals surface area (Å²) in [7, 11) is 0. The van der Waals surface area contributed by atoms with Gasteiger partial charge in [0.1, 0.15) is 6.61 Å². The topological polar surface area (TPSA) is 50.7 Å². The van der Waals surface area contributed by atoms with Crippen molar-refractivity contribution in [1.82, 2.24) is 0 Å². The lowest BCUT2D eigenvalue weighted by atomic mass is 10.2. The largest absolute Gasteiger partial charge is 0.505 e. The van der Waals surface area contributed by atoms with Crippen molar-refractivity contribution < 1.29 is 14.6 Å². The minimum atomic E-state index is -0.134. The molecule has 0 aromatic heterocycles. The van der Waals surface area contributed by atoms with Gasteiger partial charge < -0.3 is 19.9 Å². The predicted octanol–water partition coefficient (Wildman–Crippen LogP) is 7.70. The van der Waals surface area contributed by atoms with Gasteiger partial charge in [-0.15, -0.1) is 0 Å². The molecule has 0 spiro atoms. The molecule has 0 aliphatic heterocycles. The molecule has 0 heterocycles. The van der Waals surface area contributed by atoms with Crippen molar-refractivity contribution in [3.8, 4) is 17.2 Å². The van der Waals surface area contributed by atoms with Crippen LogP contribution in [-0.2, 0) is 13.2 Å². The molecule has 0 saturated heterocycles. The quantitative estimate of drug-likeness (QED) is 0.293. The van der Waals surface area contributed by atoms with Crippen LogP contribution in [0.3, 0.4) is 0 Å². The fourth-order valence-electron chi connectivity index (χ4n) is 2.76. The highest BCUT2D eigenvalue weighted by Crippen LogP contribution is 2.39. The molecular weight excluding hydrogens is 513 g/mol. The van der Waals surface area contributed by atoms with Gasteiger partial charge in [0.2, 0.25) is 0 Å². The first kappa shape index (κ1) is 22.9. The van der Waals surface area contributed by atoms with Crippen LogP contribution in [0.25, 0.3) is 0 Å². The fourth-order valence-corrected chi connectivity index (χ4v) is 4.04. The van der Waals surface area contributed by atoms with Gasteiger partial charge in [-0.2, -0.15) is 0 Å². The molecule has 0 saturated carbocycles. The number of ether oxygens (including phenoxy) is 2. The summed E-state index contributed by atoms with van der Waals surface area (Å²) in [5.74, 6) is 1.10. The zero-order valence-corrected chi connectivity index (χ0v) is 19.9. The molecule has 0 aliphatic carbocycles. The van der Waals surface area contributed by atoms with Gasteiger partial charge in [-0.1, -0.05) is 53.0 Å². The number of hydrogen-bond donors (Lipinski definition) is 2. The Hall–Kier alpha value is -1.79. The van der Waals surface area contributed by atoms with Gasteiger partial charge in [-0.25, -0.2) is 0 Å². The maximum absolute atomic E-state index is 9.69. The second-order valence-corrected chi connectivity index (χ2v) is 8.44. The first-order chi connectivity index (χ1) is 14.4. The molecule has 4 nitrogen and oxygen atoms in total. The number of phenolic OH excluding ortho intramolecular Hbond substituents is 1. The van der Waals surface area contributed by atoms with Gasteiger partial charge in [0.05, 0.1) is 21.1 Å². The first-order valence-electron chi connectivity index (χ1n) is 9.12. The number of halogens is 4. The van der Waals surface area contributed by atoms with Crippen molar-refractivity contribution in [2.75, 3.05) is 11.9 Å². The number of anilines is 1. The molecule has 0 bridgehead atoms. The van der Waals surface area contributed by atoms with Crippen molar-refractivity contribution in [3.05, 3.63) is 79.2 Å². The normalized spacial score (nSPS) is 10.7. The third kappa shape index (κ3) is 5.67. The average molecular weight is 532 g/mol. The van der Waals surface area contributed by atoms with Crippen molar-refractivity contribution in [2.45, 2.75) is 20.1 Å². The molecule has 0 radical (unpaired) electrons. The van der Waals surface area contributed by atoms with E-state index in [2.05, 4.69) is 21.2 Å². The second-order valence-electron chi connectivity index (χ2n) is 6.36. The number of benzene rings is 3. The Kier molecular flexibility index (Phi) is 8.00. The minimum Gasteiger partial charge on any atom is -0.505 e. The minimum absolute atomic E-state index is 0.134. The average Bonchev–Trinajstić information content (AvgIpc) is 2.71. The molecule has 8 heteroatoms. The van der Waals surface area contributed by atoms with Crippen molar-refractivity contribution in [3.63, 3.8) is 0 Å². The van der Waals surface area contributed by atoms with E-state index in [9.17, 15) is 5.11 Å². The molecule has 0 atom stereocenters. The number of hydrogen-bond acceptors (Lipinski definition) is 4. The number of rotatable bonds is 8. The van der Waals surface area contributed by atoms with Gasteiger partial charge in [0.15, 0.2) is 17.2 Å². The molecule has 158 valence electrons. The van der Waals surface area contributed by atoms with E-state index in [1.54, 1.807) is 12.1 Å². The monoisotopic (exact) mass is 529 g/mol. The van der Waals surface area contributed by atoms with Gasteiger partial charge in [-0.3, -0.25) is 0 Å². The van der Waals surface area contributed by atoms with E-state index in [-0.39, 0.29) is 15.8 Å². The summed E-state index contributed by atoms with van der Waals surface area (Å²) < 4.78 is 12.6. The fraction of sp³-hybridized carbons (Fsp3) is 0.182. The highest BCUT2D eigenvalue weighted by Gasteiger charge is 2.14. The van der Waals surface area contributed by atoms with Crippen LogP contribution >= 0.6 is 50.7 Å². The summed E-state index contributed by atoms with van der Waals surface area (Å²) in [6.45, 7) is 3.22. The van der Waals surface area contributed by atoms with E-state index in [1.807, 2.05) is 43.3 Å². The number of nitrogens with one attached hydrogen (secondary N) is 1. The van der Waals surface area contributed by atoms with Crippen LogP contribution in [0, 0.1) is 0 Å². The number of aromatic hydroxyl groups is 1. The Morgan fingerprint density at radius 3 is 2.33 bits per heavy atom. The van der Waals surface area contributed by atoms with E-state index in [0.29, 0.717) is 42.0 Å². The molecule has 3 aromatic carbocycles. The van der Waals surface area contributed by atoms with E-state index in [4.69, 9.17) is 44.3 Å². The third-order valence-electron chi connectivity index (χ3n) is 4.21. The van der Waals surface area contributed by atoms with E-state index < -0.39 is 0 Å². The van der Waals surface area contributed by atoms with Crippen LogP contribution in [0.4, 0.5) is 5.69 Å². The Morgan fingerprint density at radius 2 is 1.67 bits per heavy atom. The Balaban J connectivity index is 1.78. The lowest BCUT2D eigenvalue weighted by molar-refractivity contribution is 0.267. The van der Waals surface area contributed by atoms with Gasteiger partial charge in [-0.05, 0) is 58.7 Å². The van der Waals surface area contributed by atoms with Crippen LogP contribution in [0.5, 0.6) is 17.2 Å². The number of phenols is 1. The van der Waals surface area contributed by atoms with Crippen molar-refractivity contribution >= 4 is 56.4 Å². The van der Waals surface area contributed by atoms with Crippen LogP contribution in [0.1, 0.15) is 18.1 Å². The highest BCUT2D eigenvalue weighted by atomic mass is 79.9. The maximum atomic E-state index is 9.69. The van der Waals surface area contributed by atoms with Gasteiger partial charge >= 0.3 is 0 Å². The molecular formula is C22H19BrCl3NO3. The lowest BCUT2D eigenvalue weighted by Gasteiger charge is -2.16. The van der Waals surface area contributed by atoms with Crippen LogP contribution in [-0.4, -0.2) is 11.7 Å². The Morgan fingerprint density at radius 1 is 0.967 bits per heavy atom. The summed E-state index contributed by atoms with van der Waals surface area (Å²) in [5.41, 5.74) is 2.53. The SMILES string of the molecule is CCOc1cc(CNc2cc(Cl)c(O)c(Cl)c2)cc(Br)c1OCc1ccccc1Cl. The maximum Gasteiger partial charge on any atom is 0.175 e. The molecule has 3 aromatic rings.